The lowest BCUT2D eigenvalue weighted by Gasteiger charge is -2.07. The van der Waals surface area contributed by atoms with E-state index in [1.807, 2.05) is 0 Å². The molecule has 0 unspecified atom stereocenters. The average Bonchev–Trinajstić information content (AvgIpc) is 2.97. The smallest absolute Gasteiger partial charge is 0.275 e. The van der Waals surface area contributed by atoms with E-state index in [2.05, 4.69) is 0 Å². The van der Waals surface area contributed by atoms with Gasteiger partial charge in [0, 0.05) is 19.0 Å². The Hall–Kier alpha value is -0.870. The molecule has 2 aromatic heterocycles. The first-order valence-corrected chi connectivity index (χ1v) is 10.5. The molecule has 0 aliphatic carbocycles. The molecule has 0 aliphatic rings. The minimum absolute atomic E-state index is 0.0862. The standard InChI is InChI=1S/C12H14ClNO5S3/c1-14(2)22(17,18)12-6-3-9(19-12)7-21(15,16)8-10-4-5-11(13)20-10/h3-6H,7-8H2,1-2H3. The highest BCUT2D eigenvalue weighted by Gasteiger charge is 2.23. The number of halogens is 1. The van der Waals surface area contributed by atoms with Crippen molar-refractivity contribution in [3.63, 3.8) is 0 Å². The molecule has 0 saturated carbocycles. The van der Waals surface area contributed by atoms with Crippen LogP contribution in [0.3, 0.4) is 0 Å². The zero-order valence-corrected chi connectivity index (χ0v) is 15.0. The number of hydrogen-bond acceptors (Lipinski definition) is 6. The van der Waals surface area contributed by atoms with Gasteiger partial charge in [0.1, 0.15) is 11.5 Å². The molecule has 0 radical (unpaired) electrons. The Kier molecular flexibility index (Phi) is 5.03. The van der Waals surface area contributed by atoms with E-state index in [9.17, 15) is 16.8 Å². The summed E-state index contributed by atoms with van der Waals surface area (Å²) in [6.07, 6.45) is 0. The van der Waals surface area contributed by atoms with Crippen LogP contribution >= 0.6 is 22.9 Å². The lowest BCUT2D eigenvalue weighted by Crippen LogP contribution is -2.21. The molecule has 122 valence electrons. The van der Waals surface area contributed by atoms with Crippen LogP contribution < -0.4 is 0 Å². The molecular formula is C12H14ClNO5S3. The summed E-state index contributed by atoms with van der Waals surface area (Å²) in [5.41, 5.74) is 0. The molecule has 0 spiro atoms. The Morgan fingerprint density at radius 1 is 1.09 bits per heavy atom. The molecule has 22 heavy (non-hydrogen) atoms. The highest BCUT2D eigenvalue weighted by Crippen LogP contribution is 2.25. The lowest BCUT2D eigenvalue weighted by atomic mass is 10.5. The summed E-state index contributed by atoms with van der Waals surface area (Å²) < 4.78 is 54.7. The summed E-state index contributed by atoms with van der Waals surface area (Å²) in [4.78, 5) is 0.623. The topological polar surface area (TPSA) is 84.7 Å². The number of sulfonamides is 1. The first kappa shape index (κ1) is 17.5. The van der Waals surface area contributed by atoms with Crippen LogP contribution in [0.5, 0.6) is 0 Å². The van der Waals surface area contributed by atoms with Gasteiger partial charge in [-0.15, -0.1) is 11.3 Å². The molecular weight excluding hydrogens is 370 g/mol. The maximum Gasteiger partial charge on any atom is 0.275 e. The van der Waals surface area contributed by atoms with Gasteiger partial charge in [-0.3, -0.25) is 0 Å². The van der Waals surface area contributed by atoms with E-state index in [1.54, 1.807) is 12.1 Å². The van der Waals surface area contributed by atoms with Gasteiger partial charge in [-0.2, -0.15) is 0 Å². The third kappa shape index (κ3) is 4.11. The van der Waals surface area contributed by atoms with Crippen LogP contribution in [-0.2, 0) is 31.4 Å². The van der Waals surface area contributed by atoms with Crippen molar-refractivity contribution in [3.8, 4) is 0 Å². The Labute approximate surface area is 138 Å². The number of sulfone groups is 1. The quantitative estimate of drug-likeness (QED) is 0.764. The highest BCUT2D eigenvalue weighted by atomic mass is 35.5. The number of nitrogens with zero attached hydrogens (tertiary/aromatic N) is 1. The summed E-state index contributed by atoms with van der Waals surface area (Å²) in [5, 5.41) is -0.276. The molecule has 0 N–H and O–H groups in total. The van der Waals surface area contributed by atoms with Crippen molar-refractivity contribution in [3.05, 3.63) is 39.2 Å². The molecule has 0 bridgehead atoms. The molecule has 10 heteroatoms. The third-order valence-electron chi connectivity index (χ3n) is 2.73. The van der Waals surface area contributed by atoms with Gasteiger partial charge in [0.2, 0.25) is 5.09 Å². The van der Waals surface area contributed by atoms with Gasteiger partial charge in [-0.1, -0.05) is 11.6 Å². The van der Waals surface area contributed by atoms with Gasteiger partial charge in [-0.05, 0) is 24.3 Å². The molecule has 0 atom stereocenters. The summed E-state index contributed by atoms with van der Waals surface area (Å²) in [5.74, 6) is -0.449. The fourth-order valence-corrected chi connectivity index (χ4v) is 5.36. The summed E-state index contributed by atoms with van der Waals surface area (Å²) >= 11 is 6.96. The minimum atomic E-state index is -3.71. The van der Waals surface area contributed by atoms with Gasteiger partial charge < -0.3 is 4.42 Å². The predicted molar refractivity (Wildman–Crippen MR) is 85.2 cm³/mol. The monoisotopic (exact) mass is 383 g/mol. The molecule has 0 saturated heterocycles. The van der Waals surface area contributed by atoms with Crippen LogP contribution in [0.1, 0.15) is 10.6 Å². The van der Waals surface area contributed by atoms with Crippen molar-refractivity contribution in [2.24, 2.45) is 0 Å². The third-order valence-corrected chi connectivity index (χ3v) is 7.30. The Balaban J connectivity index is 2.16. The fraction of sp³-hybridized carbons (Fsp3) is 0.333. The van der Waals surface area contributed by atoms with Crippen molar-refractivity contribution in [2.45, 2.75) is 16.6 Å². The van der Waals surface area contributed by atoms with Gasteiger partial charge in [0.25, 0.3) is 10.0 Å². The van der Waals surface area contributed by atoms with Crippen molar-refractivity contribution >= 4 is 42.8 Å². The van der Waals surface area contributed by atoms with Crippen molar-refractivity contribution in [1.29, 1.82) is 0 Å². The lowest BCUT2D eigenvalue weighted by molar-refractivity contribution is 0.406. The first-order valence-electron chi connectivity index (χ1n) is 6.06. The van der Waals surface area contributed by atoms with Crippen LogP contribution in [0.2, 0.25) is 4.34 Å². The molecule has 6 nitrogen and oxygen atoms in total. The maximum absolute atomic E-state index is 12.1. The van der Waals surface area contributed by atoms with E-state index in [-0.39, 0.29) is 22.4 Å². The summed E-state index contributed by atoms with van der Waals surface area (Å²) in [6.45, 7) is 0. The normalized spacial score (nSPS) is 12.9. The van der Waals surface area contributed by atoms with Crippen LogP contribution in [0, 0.1) is 0 Å². The van der Waals surface area contributed by atoms with E-state index < -0.39 is 19.9 Å². The Morgan fingerprint density at radius 3 is 2.32 bits per heavy atom. The molecule has 2 rings (SSSR count). The summed E-state index contributed by atoms with van der Waals surface area (Å²) in [7, 11) is -4.45. The highest BCUT2D eigenvalue weighted by molar-refractivity contribution is 7.90. The van der Waals surface area contributed by atoms with E-state index >= 15 is 0 Å². The second kappa shape index (κ2) is 6.32. The molecule has 2 heterocycles. The van der Waals surface area contributed by atoms with Crippen LogP contribution in [0.4, 0.5) is 0 Å². The average molecular weight is 384 g/mol. The zero-order chi connectivity index (χ0) is 16.5. The van der Waals surface area contributed by atoms with E-state index in [0.717, 1.165) is 4.31 Å². The minimum Gasteiger partial charge on any atom is -0.447 e. The van der Waals surface area contributed by atoms with Crippen LogP contribution in [0.15, 0.2) is 33.8 Å². The maximum atomic E-state index is 12.1. The second-order valence-corrected chi connectivity index (χ2v) is 10.7. The molecule has 0 aliphatic heterocycles. The van der Waals surface area contributed by atoms with E-state index in [1.165, 1.54) is 37.6 Å². The number of furan rings is 1. The Morgan fingerprint density at radius 2 is 1.77 bits per heavy atom. The Bertz CT molecular complexity index is 864. The second-order valence-electron chi connectivity index (χ2n) is 4.75. The molecule has 2 aromatic rings. The molecule has 0 amide bonds. The number of hydrogen-bond donors (Lipinski definition) is 0. The van der Waals surface area contributed by atoms with Crippen LogP contribution in [-0.4, -0.2) is 35.2 Å². The molecule has 0 aromatic carbocycles. The van der Waals surface area contributed by atoms with Gasteiger partial charge >= 0.3 is 0 Å². The SMILES string of the molecule is CN(C)S(=O)(=O)c1ccc(CS(=O)(=O)Cc2ccc(Cl)s2)o1. The van der Waals surface area contributed by atoms with Crippen molar-refractivity contribution in [2.75, 3.05) is 14.1 Å². The largest absolute Gasteiger partial charge is 0.447 e. The van der Waals surface area contributed by atoms with E-state index in [0.29, 0.717) is 9.21 Å². The van der Waals surface area contributed by atoms with Crippen molar-refractivity contribution in [1.82, 2.24) is 4.31 Å². The van der Waals surface area contributed by atoms with E-state index in [4.69, 9.17) is 16.0 Å². The zero-order valence-electron chi connectivity index (χ0n) is 11.8. The number of rotatable bonds is 6. The number of thiophene rings is 1. The van der Waals surface area contributed by atoms with Crippen molar-refractivity contribution < 1.29 is 21.3 Å². The van der Waals surface area contributed by atoms with Gasteiger partial charge in [-0.25, -0.2) is 21.1 Å². The molecule has 0 fully saturated rings. The first-order chi connectivity index (χ1) is 10.1. The van der Waals surface area contributed by atoms with Crippen LogP contribution in [0.25, 0.3) is 0 Å². The van der Waals surface area contributed by atoms with Gasteiger partial charge in [0.15, 0.2) is 9.84 Å². The van der Waals surface area contributed by atoms with Gasteiger partial charge in [0.05, 0.1) is 10.1 Å². The predicted octanol–water partition coefficient (Wildman–Crippen LogP) is 2.36. The summed E-state index contributed by atoms with van der Waals surface area (Å²) in [6, 6.07) is 5.89. The fourth-order valence-electron chi connectivity index (χ4n) is 1.67.